The average molecular weight is 333 g/mol. The van der Waals surface area contributed by atoms with Crippen molar-refractivity contribution in [2.45, 2.75) is 6.54 Å². The number of anilines is 1. The summed E-state index contributed by atoms with van der Waals surface area (Å²) in [6, 6.07) is 22.0. The van der Waals surface area contributed by atoms with Crippen LogP contribution in [-0.4, -0.2) is 9.97 Å². The van der Waals surface area contributed by atoms with Crippen LogP contribution in [0, 0.1) is 0 Å². The zero-order chi connectivity index (χ0) is 16.4. The molecule has 0 fully saturated rings. The Labute approximate surface area is 142 Å². The molecule has 118 valence electrons. The Kier molecular flexibility index (Phi) is 3.84. The van der Waals surface area contributed by atoms with E-state index in [4.69, 9.17) is 0 Å². The van der Waals surface area contributed by atoms with Gasteiger partial charge in [-0.25, -0.2) is 4.98 Å². The van der Waals surface area contributed by atoms with Crippen LogP contribution in [0.25, 0.3) is 20.7 Å². The van der Waals surface area contributed by atoms with Gasteiger partial charge in [-0.05, 0) is 17.2 Å². The molecule has 0 saturated carbocycles. The molecule has 0 spiro atoms. The van der Waals surface area contributed by atoms with Gasteiger partial charge in [-0.3, -0.25) is 9.78 Å². The van der Waals surface area contributed by atoms with E-state index in [9.17, 15) is 4.79 Å². The minimum Gasteiger partial charge on any atom is -0.352 e. The number of nitrogens with one attached hydrogen (secondary N) is 2. The number of aromatic amines is 1. The standard InChI is InChI=1S/C19H15N3OS/c23-18-17-15(11-16(24-17)14-9-5-2-6-10-14)21-19(22-18)20-12-13-7-3-1-4-8-13/h1-11H,12H2,(H2,20,21,22,23). The Morgan fingerprint density at radius 1 is 1.00 bits per heavy atom. The zero-order valence-corrected chi connectivity index (χ0v) is 13.6. The minimum atomic E-state index is -0.109. The highest BCUT2D eigenvalue weighted by Crippen LogP contribution is 2.30. The number of hydrogen-bond donors (Lipinski definition) is 2. The Bertz CT molecular complexity index is 1020. The SMILES string of the molecule is O=c1[nH]c(NCc2ccccc2)nc2cc(-c3ccccc3)sc12. The lowest BCUT2D eigenvalue weighted by Crippen LogP contribution is -2.11. The van der Waals surface area contributed by atoms with Crippen molar-refractivity contribution in [3.05, 3.63) is 82.6 Å². The van der Waals surface area contributed by atoms with Gasteiger partial charge in [0, 0.05) is 11.4 Å². The maximum Gasteiger partial charge on any atom is 0.270 e. The van der Waals surface area contributed by atoms with E-state index in [-0.39, 0.29) is 5.56 Å². The van der Waals surface area contributed by atoms with Crippen LogP contribution in [0.5, 0.6) is 0 Å². The van der Waals surface area contributed by atoms with Crippen LogP contribution in [0.4, 0.5) is 5.95 Å². The Morgan fingerprint density at radius 2 is 1.71 bits per heavy atom. The molecule has 0 unspecified atom stereocenters. The minimum absolute atomic E-state index is 0.109. The molecular formula is C19H15N3OS. The maximum atomic E-state index is 12.3. The van der Waals surface area contributed by atoms with E-state index in [0.29, 0.717) is 17.2 Å². The lowest BCUT2D eigenvalue weighted by atomic mass is 10.2. The number of fused-ring (bicyclic) bond motifs is 1. The summed E-state index contributed by atoms with van der Waals surface area (Å²) in [4.78, 5) is 20.7. The summed E-state index contributed by atoms with van der Waals surface area (Å²) < 4.78 is 0.652. The van der Waals surface area contributed by atoms with Crippen LogP contribution in [0.15, 0.2) is 71.5 Å². The Hall–Kier alpha value is -2.92. The predicted molar refractivity (Wildman–Crippen MR) is 99.4 cm³/mol. The van der Waals surface area contributed by atoms with E-state index < -0.39 is 0 Å². The van der Waals surface area contributed by atoms with Gasteiger partial charge in [0.15, 0.2) is 0 Å². The molecule has 4 rings (SSSR count). The second-order valence-corrected chi connectivity index (χ2v) is 6.50. The summed E-state index contributed by atoms with van der Waals surface area (Å²) >= 11 is 1.47. The van der Waals surface area contributed by atoms with E-state index in [0.717, 1.165) is 21.5 Å². The van der Waals surface area contributed by atoms with Crippen LogP contribution in [0.2, 0.25) is 0 Å². The van der Waals surface area contributed by atoms with E-state index in [2.05, 4.69) is 15.3 Å². The molecular weight excluding hydrogens is 318 g/mol. The van der Waals surface area contributed by atoms with Crippen molar-refractivity contribution < 1.29 is 0 Å². The van der Waals surface area contributed by atoms with Crippen molar-refractivity contribution in [1.29, 1.82) is 0 Å². The van der Waals surface area contributed by atoms with Crippen molar-refractivity contribution in [3.63, 3.8) is 0 Å². The van der Waals surface area contributed by atoms with Crippen LogP contribution < -0.4 is 10.9 Å². The number of benzene rings is 2. The van der Waals surface area contributed by atoms with Gasteiger partial charge >= 0.3 is 0 Å². The molecule has 0 atom stereocenters. The molecule has 4 nitrogen and oxygen atoms in total. The van der Waals surface area contributed by atoms with Crippen molar-refractivity contribution in [2.24, 2.45) is 0 Å². The molecule has 0 aliphatic rings. The van der Waals surface area contributed by atoms with Gasteiger partial charge in [0.1, 0.15) is 4.70 Å². The highest BCUT2D eigenvalue weighted by Gasteiger charge is 2.10. The molecule has 0 saturated heterocycles. The largest absolute Gasteiger partial charge is 0.352 e. The summed E-state index contributed by atoms with van der Waals surface area (Å²) in [7, 11) is 0. The molecule has 0 aliphatic carbocycles. The van der Waals surface area contributed by atoms with Crippen molar-refractivity contribution in [1.82, 2.24) is 9.97 Å². The lowest BCUT2D eigenvalue weighted by Gasteiger charge is -2.05. The first-order valence-electron chi connectivity index (χ1n) is 7.67. The van der Waals surface area contributed by atoms with Gasteiger partial charge in [0.05, 0.1) is 5.52 Å². The first-order valence-corrected chi connectivity index (χ1v) is 8.48. The topological polar surface area (TPSA) is 57.8 Å². The van der Waals surface area contributed by atoms with Gasteiger partial charge in [-0.1, -0.05) is 60.7 Å². The third-order valence-electron chi connectivity index (χ3n) is 3.74. The Morgan fingerprint density at radius 3 is 2.46 bits per heavy atom. The normalized spacial score (nSPS) is 10.8. The van der Waals surface area contributed by atoms with E-state index in [1.807, 2.05) is 66.7 Å². The summed E-state index contributed by atoms with van der Waals surface area (Å²) in [5.74, 6) is 0.494. The number of rotatable bonds is 4. The summed E-state index contributed by atoms with van der Waals surface area (Å²) in [5.41, 5.74) is 2.84. The fourth-order valence-electron chi connectivity index (χ4n) is 2.55. The average Bonchev–Trinajstić information content (AvgIpc) is 3.06. The number of thiophene rings is 1. The van der Waals surface area contributed by atoms with Gasteiger partial charge in [0.2, 0.25) is 5.95 Å². The monoisotopic (exact) mass is 333 g/mol. The van der Waals surface area contributed by atoms with Crippen LogP contribution >= 0.6 is 11.3 Å². The maximum absolute atomic E-state index is 12.3. The first-order chi connectivity index (χ1) is 11.8. The lowest BCUT2D eigenvalue weighted by molar-refractivity contribution is 1.06. The molecule has 24 heavy (non-hydrogen) atoms. The highest BCUT2D eigenvalue weighted by molar-refractivity contribution is 7.22. The number of H-pyrrole nitrogens is 1. The number of hydrogen-bond acceptors (Lipinski definition) is 4. The van der Waals surface area contributed by atoms with E-state index in [1.54, 1.807) is 0 Å². The van der Waals surface area contributed by atoms with E-state index in [1.165, 1.54) is 11.3 Å². The molecule has 2 aromatic carbocycles. The van der Waals surface area contributed by atoms with Crippen LogP contribution in [0.1, 0.15) is 5.56 Å². The molecule has 2 heterocycles. The Balaban J connectivity index is 1.66. The molecule has 0 aliphatic heterocycles. The first kappa shape index (κ1) is 14.7. The van der Waals surface area contributed by atoms with Crippen LogP contribution in [0.3, 0.4) is 0 Å². The third kappa shape index (κ3) is 2.94. The fourth-order valence-corrected chi connectivity index (χ4v) is 3.55. The molecule has 4 aromatic rings. The molecule has 0 radical (unpaired) electrons. The smallest absolute Gasteiger partial charge is 0.270 e. The second-order valence-electron chi connectivity index (χ2n) is 5.44. The molecule has 2 N–H and O–H groups in total. The van der Waals surface area contributed by atoms with Crippen molar-refractivity contribution in [3.8, 4) is 10.4 Å². The quantitative estimate of drug-likeness (QED) is 0.586. The van der Waals surface area contributed by atoms with Crippen LogP contribution in [-0.2, 0) is 6.54 Å². The van der Waals surface area contributed by atoms with Gasteiger partial charge < -0.3 is 5.32 Å². The molecule has 0 bridgehead atoms. The van der Waals surface area contributed by atoms with Gasteiger partial charge in [-0.2, -0.15) is 0 Å². The molecule has 2 aromatic heterocycles. The van der Waals surface area contributed by atoms with Gasteiger partial charge in [0.25, 0.3) is 5.56 Å². The predicted octanol–water partition coefficient (Wildman–Crippen LogP) is 4.26. The van der Waals surface area contributed by atoms with Crippen molar-refractivity contribution >= 4 is 27.5 Å². The summed E-state index contributed by atoms with van der Waals surface area (Å²) in [5, 5.41) is 3.18. The molecule has 0 amide bonds. The summed E-state index contributed by atoms with van der Waals surface area (Å²) in [6.45, 7) is 0.616. The zero-order valence-electron chi connectivity index (χ0n) is 12.8. The van der Waals surface area contributed by atoms with Gasteiger partial charge in [-0.15, -0.1) is 11.3 Å². The fraction of sp³-hybridized carbons (Fsp3) is 0.0526. The summed E-state index contributed by atoms with van der Waals surface area (Å²) in [6.07, 6.45) is 0. The number of aromatic nitrogens is 2. The number of nitrogens with zero attached hydrogens (tertiary/aromatic N) is 1. The third-order valence-corrected chi connectivity index (χ3v) is 4.92. The van der Waals surface area contributed by atoms with Crippen molar-refractivity contribution in [2.75, 3.05) is 5.32 Å². The second kappa shape index (κ2) is 6.29. The highest BCUT2D eigenvalue weighted by atomic mass is 32.1. The van der Waals surface area contributed by atoms with E-state index >= 15 is 0 Å². The molecule has 5 heteroatoms.